The summed E-state index contributed by atoms with van der Waals surface area (Å²) in [5.41, 5.74) is 2.32. The Morgan fingerprint density at radius 2 is 2.05 bits per heavy atom. The number of halogens is 1. The molecule has 1 atom stereocenters. The largest absolute Gasteiger partial charge is 0.306 e. The second kappa shape index (κ2) is 6.49. The number of hydrogen-bond acceptors (Lipinski definition) is 2. The van der Waals surface area contributed by atoms with Crippen LogP contribution in [0.1, 0.15) is 30.4 Å². The molecule has 0 N–H and O–H groups in total. The van der Waals surface area contributed by atoms with Gasteiger partial charge in [0.25, 0.3) is 0 Å². The van der Waals surface area contributed by atoms with E-state index in [0.717, 1.165) is 25.2 Å². The van der Waals surface area contributed by atoms with Crippen LogP contribution in [0.3, 0.4) is 0 Å². The van der Waals surface area contributed by atoms with Gasteiger partial charge in [-0.05, 0) is 76.6 Å². The Morgan fingerprint density at radius 3 is 2.74 bits per heavy atom. The van der Waals surface area contributed by atoms with E-state index in [1.54, 1.807) is 12.1 Å². The molecule has 1 aromatic rings. The minimum atomic E-state index is -0.134. The molecule has 1 aliphatic rings. The lowest BCUT2D eigenvalue weighted by Gasteiger charge is -2.23. The molecule has 3 heteroatoms. The number of benzene rings is 1. The molecule has 1 aliphatic heterocycles. The van der Waals surface area contributed by atoms with Gasteiger partial charge in [-0.15, -0.1) is 0 Å². The van der Waals surface area contributed by atoms with Gasteiger partial charge >= 0.3 is 0 Å². The summed E-state index contributed by atoms with van der Waals surface area (Å²) >= 11 is 0. The number of nitrogens with zero attached hydrogens (tertiary/aromatic N) is 2. The summed E-state index contributed by atoms with van der Waals surface area (Å²) in [6.07, 6.45) is 3.77. The highest BCUT2D eigenvalue weighted by atomic mass is 19.1. The molecule has 0 amide bonds. The quantitative estimate of drug-likeness (QED) is 0.828. The second-order valence-electron chi connectivity index (χ2n) is 5.90. The minimum absolute atomic E-state index is 0.134. The summed E-state index contributed by atoms with van der Waals surface area (Å²) in [4.78, 5) is 4.84. The van der Waals surface area contributed by atoms with Crippen LogP contribution in [0, 0.1) is 12.7 Å². The maximum atomic E-state index is 13.1. The van der Waals surface area contributed by atoms with E-state index >= 15 is 0 Å². The molecule has 0 radical (unpaired) electrons. The van der Waals surface area contributed by atoms with E-state index < -0.39 is 0 Å². The van der Waals surface area contributed by atoms with Crippen LogP contribution in [0.25, 0.3) is 0 Å². The first-order chi connectivity index (χ1) is 9.06. The molecule has 1 fully saturated rings. The van der Waals surface area contributed by atoms with Crippen LogP contribution in [0.2, 0.25) is 0 Å². The third-order valence-electron chi connectivity index (χ3n) is 4.22. The SMILES string of the molecule is Cc1cc(F)ccc1CN1CCC[C@@H](N(C)C)CC1. The summed E-state index contributed by atoms with van der Waals surface area (Å²) in [5, 5.41) is 0. The van der Waals surface area contributed by atoms with E-state index in [9.17, 15) is 4.39 Å². The molecular formula is C16H25FN2. The molecule has 0 spiro atoms. The van der Waals surface area contributed by atoms with Gasteiger partial charge in [0, 0.05) is 12.6 Å². The summed E-state index contributed by atoms with van der Waals surface area (Å²) in [7, 11) is 4.34. The summed E-state index contributed by atoms with van der Waals surface area (Å²) in [6.45, 7) is 5.24. The Hall–Kier alpha value is -0.930. The highest BCUT2D eigenvalue weighted by Gasteiger charge is 2.18. The molecule has 19 heavy (non-hydrogen) atoms. The Morgan fingerprint density at radius 1 is 1.26 bits per heavy atom. The van der Waals surface area contributed by atoms with Crippen molar-refractivity contribution in [2.45, 2.75) is 38.8 Å². The van der Waals surface area contributed by atoms with Crippen LogP contribution >= 0.6 is 0 Å². The minimum Gasteiger partial charge on any atom is -0.306 e. The normalized spacial score (nSPS) is 21.6. The van der Waals surface area contributed by atoms with Gasteiger partial charge < -0.3 is 4.90 Å². The van der Waals surface area contributed by atoms with Crippen molar-refractivity contribution in [1.82, 2.24) is 9.80 Å². The fraction of sp³-hybridized carbons (Fsp3) is 0.625. The van der Waals surface area contributed by atoms with Crippen LogP contribution in [0.4, 0.5) is 4.39 Å². The van der Waals surface area contributed by atoms with Crippen molar-refractivity contribution in [3.05, 3.63) is 35.1 Å². The first-order valence-electron chi connectivity index (χ1n) is 7.20. The van der Waals surface area contributed by atoms with Crippen LogP contribution < -0.4 is 0 Å². The van der Waals surface area contributed by atoms with Crippen molar-refractivity contribution in [2.75, 3.05) is 27.2 Å². The zero-order chi connectivity index (χ0) is 13.8. The van der Waals surface area contributed by atoms with E-state index in [4.69, 9.17) is 0 Å². The van der Waals surface area contributed by atoms with E-state index in [1.807, 2.05) is 13.0 Å². The van der Waals surface area contributed by atoms with E-state index in [1.165, 1.54) is 24.8 Å². The lowest BCUT2D eigenvalue weighted by atomic mass is 10.1. The first-order valence-corrected chi connectivity index (χ1v) is 7.20. The molecule has 0 unspecified atom stereocenters. The number of hydrogen-bond donors (Lipinski definition) is 0. The molecular weight excluding hydrogens is 239 g/mol. The predicted molar refractivity (Wildman–Crippen MR) is 77.7 cm³/mol. The topological polar surface area (TPSA) is 6.48 Å². The first kappa shape index (κ1) is 14.5. The average molecular weight is 264 g/mol. The highest BCUT2D eigenvalue weighted by Crippen LogP contribution is 2.18. The molecule has 0 saturated carbocycles. The number of aryl methyl sites for hydroxylation is 1. The van der Waals surface area contributed by atoms with Crippen molar-refractivity contribution in [3.8, 4) is 0 Å². The Labute approximate surface area is 116 Å². The van der Waals surface area contributed by atoms with Gasteiger partial charge in [-0.2, -0.15) is 0 Å². The molecule has 1 heterocycles. The Kier molecular flexibility index (Phi) is 4.94. The standard InChI is InChI=1S/C16H25FN2/c1-13-11-15(17)7-6-14(13)12-19-9-4-5-16(8-10-19)18(2)3/h6-7,11,16H,4-5,8-10,12H2,1-3H3/t16-/m1/s1. The Bertz CT molecular complexity index is 417. The third-order valence-corrected chi connectivity index (χ3v) is 4.22. The zero-order valence-corrected chi connectivity index (χ0v) is 12.3. The monoisotopic (exact) mass is 264 g/mol. The van der Waals surface area contributed by atoms with Gasteiger partial charge in [0.05, 0.1) is 0 Å². The van der Waals surface area contributed by atoms with Gasteiger partial charge in [-0.3, -0.25) is 4.90 Å². The van der Waals surface area contributed by atoms with E-state index in [2.05, 4.69) is 23.9 Å². The van der Waals surface area contributed by atoms with Gasteiger partial charge in [0.15, 0.2) is 0 Å². The fourth-order valence-electron chi connectivity index (χ4n) is 2.89. The second-order valence-corrected chi connectivity index (χ2v) is 5.90. The average Bonchev–Trinajstić information content (AvgIpc) is 2.58. The number of rotatable bonds is 3. The van der Waals surface area contributed by atoms with Crippen molar-refractivity contribution in [1.29, 1.82) is 0 Å². The van der Waals surface area contributed by atoms with Gasteiger partial charge in [0.1, 0.15) is 5.82 Å². The summed E-state index contributed by atoms with van der Waals surface area (Å²) in [6, 6.07) is 5.84. The molecule has 1 saturated heterocycles. The smallest absolute Gasteiger partial charge is 0.123 e. The van der Waals surface area contributed by atoms with Crippen LogP contribution in [0.15, 0.2) is 18.2 Å². The van der Waals surface area contributed by atoms with Gasteiger partial charge in [-0.1, -0.05) is 6.07 Å². The molecule has 2 rings (SSSR count). The van der Waals surface area contributed by atoms with E-state index in [0.29, 0.717) is 6.04 Å². The fourth-order valence-corrected chi connectivity index (χ4v) is 2.89. The Balaban J connectivity index is 1.96. The maximum Gasteiger partial charge on any atom is 0.123 e. The molecule has 0 bridgehead atoms. The van der Waals surface area contributed by atoms with Gasteiger partial charge in [-0.25, -0.2) is 4.39 Å². The van der Waals surface area contributed by atoms with Crippen LogP contribution in [0.5, 0.6) is 0 Å². The van der Waals surface area contributed by atoms with Crippen molar-refractivity contribution >= 4 is 0 Å². The molecule has 0 aromatic heterocycles. The number of likely N-dealkylation sites (tertiary alicyclic amines) is 1. The van der Waals surface area contributed by atoms with E-state index in [-0.39, 0.29) is 5.82 Å². The van der Waals surface area contributed by atoms with Crippen molar-refractivity contribution in [2.24, 2.45) is 0 Å². The molecule has 1 aromatic carbocycles. The zero-order valence-electron chi connectivity index (χ0n) is 12.3. The maximum absolute atomic E-state index is 13.1. The highest BCUT2D eigenvalue weighted by molar-refractivity contribution is 5.26. The summed E-state index contributed by atoms with van der Waals surface area (Å²) < 4.78 is 13.1. The molecule has 2 nitrogen and oxygen atoms in total. The van der Waals surface area contributed by atoms with Crippen LogP contribution in [-0.4, -0.2) is 43.0 Å². The lowest BCUT2D eigenvalue weighted by Crippen LogP contribution is -2.30. The van der Waals surface area contributed by atoms with Gasteiger partial charge in [0.2, 0.25) is 0 Å². The van der Waals surface area contributed by atoms with Crippen molar-refractivity contribution in [3.63, 3.8) is 0 Å². The third kappa shape index (κ3) is 4.02. The summed E-state index contributed by atoms with van der Waals surface area (Å²) in [5.74, 6) is -0.134. The molecule has 0 aliphatic carbocycles. The van der Waals surface area contributed by atoms with Crippen LogP contribution in [-0.2, 0) is 6.54 Å². The predicted octanol–water partition coefficient (Wildman–Crippen LogP) is 3.05. The van der Waals surface area contributed by atoms with Crippen molar-refractivity contribution < 1.29 is 4.39 Å². The molecule has 106 valence electrons. The lowest BCUT2D eigenvalue weighted by molar-refractivity contribution is 0.245.